The molecule has 0 spiro atoms. The minimum absolute atomic E-state index is 0.139. The van der Waals surface area contributed by atoms with E-state index in [4.69, 9.17) is 0 Å². The van der Waals surface area contributed by atoms with Gasteiger partial charge < -0.3 is 10.2 Å². The highest BCUT2D eigenvalue weighted by molar-refractivity contribution is 7.92. The highest BCUT2D eigenvalue weighted by atomic mass is 32.2. The van der Waals surface area contributed by atoms with E-state index in [-0.39, 0.29) is 17.3 Å². The summed E-state index contributed by atoms with van der Waals surface area (Å²) in [4.78, 5) is 13.7. The highest BCUT2D eigenvalue weighted by Crippen LogP contribution is 2.12. The maximum Gasteiger partial charge on any atom is 0.233 e. The van der Waals surface area contributed by atoms with Gasteiger partial charge in [0.1, 0.15) is 5.82 Å². The monoisotopic (exact) mass is 331 g/mol. The van der Waals surface area contributed by atoms with Gasteiger partial charge in [0.05, 0.1) is 17.4 Å². The largest absolute Gasteiger partial charge is 0.355 e. The molecular formula is C14H22FN3O3S. The quantitative estimate of drug-likeness (QED) is 0.741. The summed E-state index contributed by atoms with van der Waals surface area (Å²) in [5.41, 5.74) is 0.139. The summed E-state index contributed by atoms with van der Waals surface area (Å²) >= 11 is 0. The average molecular weight is 331 g/mol. The van der Waals surface area contributed by atoms with E-state index in [1.54, 1.807) is 0 Å². The molecule has 0 heterocycles. The van der Waals surface area contributed by atoms with Crippen LogP contribution in [0.25, 0.3) is 0 Å². The molecule has 6 nitrogen and oxygen atoms in total. The van der Waals surface area contributed by atoms with E-state index in [0.29, 0.717) is 13.1 Å². The lowest BCUT2D eigenvalue weighted by Gasteiger charge is -2.15. The van der Waals surface area contributed by atoms with Crippen molar-refractivity contribution in [2.24, 2.45) is 5.92 Å². The van der Waals surface area contributed by atoms with Crippen LogP contribution >= 0.6 is 0 Å². The molecular weight excluding hydrogens is 309 g/mol. The molecule has 22 heavy (non-hydrogen) atoms. The minimum Gasteiger partial charge on any atom is -0.355 e. The lowest BCUT2D eigenvalue weighted by Crippen LogP contribution is -2.37. The topological polar surface area (TPSA) is 78.5 Å². The number of halogens is 1. The number of sulfonamides is 1. The Morgan fingerprint density at radius 3 is 2.64 bits per heavy atom. The smallest absolute Gasteiger partial charge is 0.233 e. The number of hydrogen-bond donors (Lipinski definition) is 2. The Morgan fingerprint density at radius 2 is 2.05 bits per heavy atom. The molecule has 0 aliphatic carbocycles. The van der Waals surface area contributed by atoms with Gasteiger partial charge in [-0.25, -0.2) is 12.8 Å². The second-order valence-electron chi connectivity index (χ2n) is 5.39. The number of amides is 1. The third-order valence-corrected chi connectivity index (χ3v) is 4.36. The van der Waals surface area contributed by atoms with Crippen LogP contribution in [-0.2, 0) is 14.8 Å². The van der Waals surface area contributed by atoms with Crippen LogP contribution in [0, 0.1) is 11.7 Å². The van der Waals surface area contributed by atoms with Crippen LogP contribution in [0.2, 0.25) is 0 Å². The molecule has 0 bridgehead atoms. The van der Waals surface area contributed by atoms with E-state index in [1.165, 1.54) is 25.1 Å². The third-order valence-electron chi connectivity index (χ3n) is 2.87. The third kappa shape index (κ3) is 6.86. The van der Waals surface area contributed by atoms with E-state index in [1.807, 2.05) is 19.0 Å². The Kier molecular flexibility index (Phi) is 6.76. The van der Waals surface area contributed by atoms with Gasteiger partial charge in [0.15, 0.2) is 0 Å². The van der Waals surface area contributed by atoms with Crippen LogP contribution < -0.4 is 10.0 Å². The molecule has 1 amide bonds. The SMILES string of the molecule is CC(CS(=O)(=O)Nc1cccc(F)c1)C(=O)NCCN(C)C. The number of benzene rings is 1. The zero-order valence-corrected chi connectivity index (χ0v) is 13.8. The van der Waals surface area contributed by atoms with Crippen LogP contribution in [0.3, 0.4) is 0 Å². The van der Waals surface area contributed by atoms with Crippen LogP contribution in [0.4, 0.5) is 10.1 Å². The number of hydrogen-bond acceptors (Lipinski definition) is 4. The predicted octanol–water partition coefficient (Wildman–Crippen LogP) is 0.881. The first kappa shape index (κ1) is 18.4. The number of likely N-dealkylation sites (N-methyl/N-ethyl adjacent to an activating group) is 1. The number of anilines is 1. The Balaban J connectivity index is 2.54. The first-order chi connectivity index (χ1) is 10.2. The van der Waals surface area contributed by atoms with Gasteiger partial charge in [-0.15, -0.1) is 0 Å². The van der Waals surface area contributed by atoms with Gasteiger partial charge in [-0.1, -0.05) is 13.0 Å². The maximum atomic E-state index is 13.0. The molecule has 0 aromatic heterocycles. The molecule has 0 aliphatic rings. The zero-order valence-electron chi connectivity index (χ0n) is 13.0. The first-order valence-corrected chi connectivity index (χ1v) is 8.53. The van der Waals surface area contributed by atoms with Crippen molar-refractivity contribution in [3.05, 3.63) is 30.1 Å². The molecule has 0 aliphatic heterocycles. The van der Waals surface area contributed by atoms with Gasteiger partial charge in [-0.05, 0) is 32.3 Å². The Morgan fingerprint density at radius 1 is 1.36 bits per heavy atom. The van der Waals surface area contributed by atoms with E-state index >= 15 is 0 Å². The average Bonchev–Trinajstić information content (AvgIpc) is 2.36. The molecule has 8 heteroatoms. The Hall–Kier alpha value is -1.67. The second kappa shape index (κ2) is 8.09. The molecule has 124 valence electrons. The standard InChI is InChI=1S/C14H22FN3O3S/c1-11(14(19)16-7-8-18(2)3)10-22(20,21)17-13-6-4-5-12(15)9-13/h4-6,9,11,17H,7-8,10H2,1-3H3,(H,16,19). The van der Waals surface area contributed by atoms with Crippen molar-refractivity contribution < 1.29 is 17.6 Å². The summed E-state index contributed by atoms with van der Waals surface area (Å²) in [7, 11) is 0.0309. The Bertz CT molecular complexity index is 605. The second-order valence-corrected chi connectivity index (χ2v) is 7.16. The molecule has 1 unspecified atom stereocenters. The van der Waals surface area contributed by atoms with Gasteiger partial charge in [0, 0.05) is 13.1 Å². The lowest BCUT2D eigenvalue weighted by atomic mass is 10.2. The highest BCUT2D eigenvalue weighted by Gasteiger charge is 2.21. The van der Waals surface area contributed by atoms with Crippen molar-refractivity contribution in [2.75, 3.05) is 37.7 Å². The molecule has 0 radical (unpaired) electrons. The molecule has 1 rings (SSSR count). The van der Waals surface area contributed by atoms with Crippen LogP contribution in [0.5, 0.6) is 0 Å². The van der Waals surface area contributed by atoms with Crippen molar-refractivity contribution >= 4 is 21.6 Å². The summed E-state index contributed by atoms with van der Waals surface area (Å²) in [5.74, 6) is -1.92. The van der Waals surface area contributed by atoms with Gasteiger partial charge in [-0.3, -0.25) is 9.52 Å². The van der Waals surface area contributed by atoms with Crippen LogP contribution in [0.15, 0.2) is 24.3 Å². The zero-order chi connectivity index (χ0) is 16.8. The number of carbonyl (C=O) groups is 1. The first-order valence-electron chi connectivity index (χ1n) is 6.88. The van der Waals surface area contributed by atoms with Gasteiger partial charge >= 0.3 is 0 Å². The fourth-order valence-corrected chi connectivity index (χ4v) is 3.13. The van der Waals surface area contributed by atoms with Crippen molar-refractivity contribution in [1.82, 2.24) is 10.2 Å². The molecule has 0 fully saturated rings. The minimum atomic E-state index is -3.72. The van der Waals surface area contributed by atoms with Crippen molar-refractivity contribution in [3.63, 3.8) is 0 Å². The summed E-state index contributed by atoms with van der Waals surface area (Å²) in [6.07, 6.45) is 0. The Labute approximate surface area is 130 Å². The number of nitrogens with one attached hydrogen (secondary N) is 2. The number of carbonyl (C=O) groups excluding carboxylic acids is 1. The van der Waals surface area contributed by atoms with Gasteiger partial charge in [-0.2, -0.15) is 0 Å². The van der Waals surface area contributed by atoms with E-state index in [9.17, 15) is 17.6 Å². The molecule has 1 aromatic carbocycles. The molecule has 1 atom stereocenters. The summed E-state index contributed by atoms with van der Waals surface area (Å²) < 4.78 is 39.3. The molecule has 0 saturated heterocycles. The van der Waals surface area contributed by atoms with Crippen molar-refractivity contribution in [3.8, 4) is 0 Å². The van der Waals surface area contributed by atoms with E-state index in [2.05, 4.69) is 10.0 Å². The number of rotatable bonds is 8. The van der Waals surface area contributed by atoms with Crippen LogP contribution in [-0.4, -0.2) is 52.2 Å². The maximum absolute atomic E-state index is 13.0. The van der Waals surface area contributed by atoms with Crippen molar-refractivity contribution in [2.45, 2.75) is 6.92 Å². The number of nitrogens with zero attached hydrogens (tertiary/aromatic N) is 1. The predicted molar refractivity (Wildman–Crippen MR) is 84.5 cm³/mol. The van der Waals surface area contributed by atoms with E-state index < -0.39 is 21.8 Å². The van der Waals surface area contributed by atoms with Gasteiger partial charge in [0.2, 0.25) is 15.9 Å². The summed E-state index contributed by atoms with van der Waals surface area (Å²) in [5, 5.41) is 2.68. The van der Waals surface area contributed by atoms with Crippen molar-refractivity contribution in [1.29, 1.82) is 0 Å². The lowest BCUT2D eigenvalue weighted by molar-refractivity contribution is -0.123. The normalized spacial score (nSPS) is 13.0. The fourth-order valence-electron chi connectivity index (χ4n) is 1.75. The fraction of sp³-hybridized carbons (Fsp3) is 0.500. The summed E-state index contributed by atoms with van der Waals surface area (Å²) in [6.45, 7) is 2.66. The van der Waals surface area contributed by atoms with E-state index in [0.717, 1.165) is 6.07 Å². The summed E-state index contributed by atoms with van der Waals surface area (Å²) in [6, 6.07) is 5.16. The van der Waals surface area contributed by atoms with Crippen LogP contribution in [0.1, 0.15) is 6.92 Å². The molecule has 0 saturated carbocycles. The van der Waals surface area contributed by atoms with Gasteiger partial charge in [0.25, 0.3) is 0 Å². The molecule has 1 aromatic rings. The molecule has 2 N–H and O–H groups in total.